The van der Waals surface area contributed by atoms with E-state index in [1.165, 1.54) is 0 Å². The number of phenols is 1. The van der Waals surface area contributed by atoms with Crippen LogP contribution in [0.5, 0.6) is 5.75 Å². The summed E-state index contributed by atoms with van der Waals surface area (Å²) >= 11 is 0. The molecule has 0 bridgehead atoms. The maximum atomic E-state index is 11.6. The largest absolute Gasteiger partial charge is 0.507 e. The Kier molecular flexibility index (Phi) is 7.55. The molecule has 5 heteroatoms. The molecular formula is C49H31N3O2. The van der Waals surface area contributed by atoms with Gasteiger partial charge in [-0.2, -0.15) is 0 Å². The van der Waals surface area contributed by atoms with Gasteiger partial charge in [-0.1, -0.05) is 152 Å². The predicted octanol–water partition coefficient (Wildman–Crippen LogP) is 12.6. The van der Waals surface area contributed by atoms with Gasteiger partial charge in [-0.05, 0) is 68.9 Å². The summed E-state index contributed by atoms with van der Waals surface area (Å²) in [4.78, 5) is 15.2. The zero-order chi connectivity index (χ0) is 36.0. The van der Waals surface area contributed by atoms with Crippen LogP contribution in [-0.4, -0.2) is 20.1 Å². The zero-order valence-corrected chi connectivity index (χ0v) is 29.0. The molecule has 0 aliphatic heterocycles. The lowest BCUT2D eigenvalue weighted by molar-refractivity contribution is 0.477. The molecule has 5 nitrogen and oxygen atoms in total. The van der Waals surface area contributed by atoms with Gasteiger partial charge in [-0.3, -0.25) is 0 Å². The summed E-state index contributed by atoms with van der Waals surface area (Å²) in [6.07, 6.45) is 0. The first-order valence-electron chi connectivity index (χ1n) is 17.9. The lowest BCUT2D eigenvalue weighted by Crippen LogP contribution is -2.01. The molecule has 254 valence electrons. The number of aromatic nitrogens is 3. The molecule has 0 atom stereocenters. The van der Waals surface area contributed by atoms with Crippen molar-refractivity contribution in [1.82, 2.24) is 15.0 Å². The fourth-order valence-corrected chi connectivity index (χ4v) is 7.41. The predicted molar refractivity (Wildman–Crippen MR) is 219 cm³/mol. The zero-order valence-electron chi connectivity index (χ0n) is 29.0. The van der Waals surface area contributed by atoms with E-state index in [0.717, 1.165) is 71.7 Å². The van der Waals surface area contributed by atoms with Crippen LogP contribution in [0.2, 0.25) is 0 Å². The molecule has 10 aromatic rings. The van der Waals surface area contributed by atoms with Crippen LogP contribution in [0.15, 0.2) is 186 Å². The molecule has 10 rings (SSSR count). The van der Waals surface area contributed by atoms with Crippen LogP contribution in [0.1, 0.15) is 0 Å². The molecule has 2 heterocycles. The van der Waals surface area contributed by atoms with Crippen LogP contribution in [0.3, 0.4) is 0 Å². The Morgan fingerprint density at radius 3 is 1.83 bits per heavy atom. The minimum absolute atomic E-state index is 0.137. The van der Waals surface area contributed by atoms with E-state index in [1.54, 1.807) is 6.07 Å². The van der Waals surface area contributed by atoms with Crippen molar-refractivity contribution in [3.05, 3.63) is 182 Å². The molecule has 0 spiro atoms. The minimum Gasteiger partial charge on any atom is -0.507 e. The van der Waals surface area contributed by atoms with Crippen LogP contribution < -0.4 is 0 Å². The molecule has 2 aromatic heterocycles. The number of para-hydroxylation sites is 1. The molecule has 0 aliphatic rings. The third-order valence-corrected chi connectivity index (χ3v) is 10.0. The topological polar surface area (TPSA) is 72.0 Å². The smallest absolute Gasteiger partial charge is 0.164 e. The summed E-state index contributed by atoms with van der Waals surface area (Å²) in [5.41, 5.74) is 9.91. The molecule has 0 saturated carbocycles. The normalized spacial score (nSPS) is 11.4. The third kappa shape index (κ3) is 5.56. The highest BCUT2D eigenvalue weighted by atomic mass is 16.3. The van der Waals surface area contributed by atoms with E-state index < -0.39 is 0 Å². The summed E-state index contributed by atoms with van der Waals surface area (Å²) in [5.74, 6) is 1.70. The fraction of sp³-hybridized carbons (Fsp3) is 0. The van der Waals surface area contributed by atoms with Gasteiger partial charge in [-0.25, -0.2) is 15.0 Å². The first-order valence-corrected chi connectivity index (χ1v) is 17.9. The van der Waals surface area contributed by atoms with Gasteiger partial charge < -0.3 is 9.52 Å². The van der Waals surface area contributed by atoms with Crippen molar-refractivity contribution >= 4 is 32.7 Å². The van der Waals surface area contributed by atoms with E-state index in [1.807, 2.05) is 84.9 Å². The van der Waals surface area contributed by atoms with Crippen LogP contribution in [-0.2, 0) is 0 Å². The molecule has 8 aromatic carbocycles. The Morgan fingerprint density at radius 2 is 0.963 bits per heavy atom. The molecule has 0 saturated heterocycles. The van der Waals surface area contributed by atoms with Crippen molar-refractivity contribution in [2.45, 2.75) is 0 Å². The van der Waals surface area contributed by atoms with Crippen LogP contribution in [0, 0.1) is 0 Å². The highest BCUT2D eigenvalue weighted by Crippen LogP contribution is 2.42. The Morgan fingerprint density at radius 1 is 0.370 bits per heavy atom. The van der Waals surface area contributed by atoms with Gasteiger partial charge in [0.2, 0.25) is 0 Å². The maximum absolute atomic E-state index is 11.6. The lowest BCUT2D eigenvalue weighted by atomic mass is 9.93. The summed E-state index contributed by atoms with van der Waals surface area (Å²) in [7, 11) is 0. The Hall–Kier alpha value is -7.37. The maximum Gasteiger partial charge on any atom is 0.164 e. The molecule has 54 heavy (non-hydrogen) atoms. The third-order valence-electron chi connectivity index (χ3n) is 10.0. The van der Waals surface area contributed by atoms with E-state index in [-0.39, 0.29) is 5.75 Å². The van der Waals surface area contributed by atoms with Crippen LogP contribution in [0.25, 0.3) is 100 Å². The number of nitrogens with zero attached hydrogens (tertiary/aromatic N) is 3. The second kappa shape index (κ2) is 13.0. The minimum atomic E-state index is 0.137. The summed E-state index contributed by atoms with van der Waals surface area (Å²) in [5, 5.41) is 16.0. The summed E-state index contributed by atoms with van der Waals surface area (Å²) in [6.45, 7) is 0. The number of phenolic OH excluding ortho intramolecular Hbond substituents is 1. The van der Waals surface area contributed by atoms with Crippen molar-refractivity contribution in [2.75, 3.05) is 0 Å². The number of aromatic hydroxyl groups is 1. The number of rotatable bonds is 6. The molecule has 0 amide bonds. The van der Waals surface area contributed by atoms with Gasteiger partial charge in [0.25, 0.3) is 0 Å². The highest BCUT2D eigenvalue weighted by molar-refractivity contribution is 6.12. The molecular weight excluding hydrogens is 663 g/mol. The second-order valence-electron chi connectivity index (χ2n) is 13.4. The monoisotopic (exact) mass is 693 g/mol. The summed E-state index contributed by atoms with van der Waals surface area (Å²) in [6, 6.07) is 61.2. The fourth-order valence-electron chi connectivity index (χ4n) is 7.41. The first kappa shape index (κ1) is 31.4. The van der Waals surface area contributed by atoms with E-state index >= 15 is 0 Å². The van der Waals surface area contributed by atoms with Gasteiger partial charge in [0.15, 0.2) is 17.5 Å². The van der Waals surface area contributed by atoms with E-state index in [0.29, 0.717) is 28.6 Å². The molecule has 0 aliphatic carbocycles. The Labute approximate surface area is 311 Å². The van der Waals surface area contributed by atoms with Crippen molar-refractivity contribution < 1.29 is 9.52 Å². The van der Waals surface area contributed by atoms with Gasteiger partial charge in [0.05, 0.1) is 0 Å². The van der Waals surface area contributed by atoms with Crippen LogP contribution in [0.4, 0.5) is 0 Å². The van der Waals surface area contributed by atoms with Gasteiger partial charge in [-0.15, -0.1) is 0 Å². The van der Waals surface area contributed by atoms with Crippen LogP contribution >= 0.6 is 0 Å². The van der Waals surface area contributed by atoms with E-state index in [4.69, 9.17) is 19.4 Å². The highest BCUT2D eigenvalue weighted by Gasteiger charge is 2.20. The van der Waals surface area contributed by atoms with Crippen molar-refractivity contribution in [1.29, 1.82) is 0 Å². The van der Waals surface area contributed by atoms with E-state index in [2.05, 4.69) is 91.0 Å². The van der Waals surface area contributed by atoms with Gasteiger partial charge in [0, 0.05) is 33.0 Å². The number of hydrogen-bond acceptors (Lipinski definition) is 5. The molecule has 1 N–H and O–H groups in total. The SMILES string of the molecule is Oc1cccc(-c2nc(-c3ccc(-c4ccccc4)cc3)nc(-c3ccc4ccccc4c3)n2)c1-c1cccc(-c2cccc3oc4ccccc4c23)c1. The molecule has 0 radical (unpaired) electrons. The molecule has 0 fully saturated rings. The summed E-state index contributed by atoms with van der Waals surface area (Å²) < 4.78 is 6.21. The average Bonchev–Trinajstić information content (AvgIpc) is 3.63. The number of fused-ring (bicyclic) bond motifs is 4. The second-order valence-corrected chi connectivity index (χ2v) is 13.4. The van der Waals surface area contributed by atoms with Gasteiger partial charge in [0.1, 0.15) is 16.9 Å². The average molecular weight is 694 g/mol. The Balaban J connectivity index is 1.14. The van der Waals surface area contributed by atoms with E-state index in [9.17, 15) is 5.11 Å². The number of hydrogen-bond donors (Lipinski definition) is 1. The van der Waals surface area contributed by atoms with Crippen molar-refractivity contribution in [2.24, 2.45) is 0 Å². The van der Waals surface area contributed by atoms with Crippen molar-refractivity contribution in [3.63, 3.8) is 0 Å². The Bertz CT molecular complexity index is 3000. The standard InChI is InChI=1S/C49H31N3O2/c53-42-20-9-19-41(45(42)37-16-8-15-36(30-37)39-18-10-22-44-46(39)40-17-6-7-21-43(40)54-44)49-51-47(34-26-23-33(24-27-34)31-11-2-1-3-12-31)50-48(52-49)38-28-25-32-13-4-5-14-35(32)29-38/h1-30,53H. The first-order chi connectivity index (χ1) is 26.7. The quantitative estimate of drug-likeness (QED) is 0.188. The lowest BCUT2D eigenvalue weighted by Gasteiger charge is -2.15. The number of benzene rings is 8. The van der Waals surface area contributed by atoms with Crippen molar-refractivity contribution in [3.8, 4) is 73.3 Å². The molecule has 0 unspecified atom stereocenters. The van der Waals surface area contributed by atoms with Gasteiger partial charge >= 0.3 is 0 Å². The number of furan rings is 1.